The minimum Gasteiger partial charge on any atom is -0.464 e. The topological polar surface area (TPSA) is 60.4 Å². The minimum atomic E-state index is -1.63. The van der Waals surface area contributed by atoms with Gasteiger partial charge >= 0.3 is 5.97 Å². The van der Waals surface area contributed by atoms with Gasteiger partial charge in [-0.15, -0.1) is 0 Å². The normalized spacial score (nSPS) is 17.6. The summed E-state index contributed by atoms with van der Waals surface area (Å²) in [5.74, 6) is -0.915. The molecule has 0 aromatic heterocycles. The van der Waals surface area contributed by atoms with Crippen molar-refractivity contribution in [3.8, 4) is 0 Å². The molecule has 0 spiro atoms. The first-order chi connectivity index (χ1) is 14.3. The Balaban J connectivity index is 2.40. The van der Waals surface area contributed by atoms with Crippen molar-refractivity contribution >= 4 is 20.2 Å². The number of ketones is 1. The minimum absolute atomic E-state index is 0.243. The fourth-order valence-corrected chi connectivity index (χ4v) is 5.61. The molecule has 0 bridgehead atoms. The van der Waals surface area contributed by atoms with Crippen molar-refractivity contribution in [2.75, 3.05) is 6.61 Å². The molecule has 1 saturated carbocycles. The lowest BCUT2D eigenvalue weighted by atomic mass is 9.80. The van der Waals surface area contributed by atoms with Crippen molar-refractivity contribution in [1.29, 1.82) is 0 Å². The van der Waals surface area contributed by atoms with E-state index in [2.05, 4.69) is 13.8 Å². The predicted octanol–water partition coefficient (Wildman–Crippen LogP) is 6.77. The van der Waals surface area contributed by atoms with E-state index in [-0.39, 0.29) is 17.6 Å². The summed E-state index contributed by atoms with van der Waals surface area (Å²) in [6, 6.07) is 3.90. The van der Waals surface area contributed by atoms with Gasteiger partial charge in [0.25, 0.3) is 0 Å². The lowest BCUT2D eigenvalue weighted by Crippen LogP contribution is -2.49. The average Bonchev–Trinajstić information content (AvgIpc) is 3.23. The lowest BCUT2D eigenvalue weighted by molar-refractivity contribution is -0.148. The van der Waals surface area contributed by atoms with E-state index in [9.17, 15) is 14.2 Å². The van der Waals surface area contributed by atoms with Crippen molar-refractivity contribution in [3.05, 3.63) is 34.4 Å². The Labute approximate surface area is 183 Å². The van der Waals surface area contributed by atoms with E-state index in [1.807, 2.05) is 32.9 Å². The second-order valence-corrected chi connectivity index (χ2v) is 9.84. The predicted molar refractivity (Wildman–Crippen MR) is 122 cm³/mol. The first kappa shape index (κ1) is 24.7. The molecule has 1 aromatic rings. The number of Topliss-reactive ketones (excluding diaryl/α,β-unsaturated/α-hetero) is 1. The summed E-state index contributed by atoms with van der Waals surface area (Å²) in [6.07, 6.45) is 7.45. The lowest BCUT2D eigenvalue weighted by Gasteiger charge is -2.31. The molecule has 1 aromatic carbocycles. The van der Waals surface area contributed by atoms with Crippen LogP contribution in [0.15, 0.2) is 12.1 Å². The Morgan fingerprint density at radius 1 is 1.13 bits per heavy atom. The maximum atomic E-state index is 13.9. The molecule has 1 aliphatic carbocycles. The molecule has 0 heterocycles. The van der Waals surface area contributed by atoms with Crippen LogP contribution in [0.2, 0.25) is 0 Å². The number of carbonyl (C=O) groups is 2. The standard InChI is InChI=1S/C25H37O4P/c1-6-8-11-20(7-2)16-29-24(27)25(30-28,21-12-9-10-13-21)23(26)22-18(4)14-17(3)15-19(22)5/h14-15,20-21H,6-13,16H2,1-5H3. The highest BCUT2D eigenvalue weighted by atomic mass is 31.1. The molecule has 5 heteroatoms. The van der Waals surface area contributed by atoms with E-state index in [1.54, 1.807) is 0 Å². The molecular weight excluding hydrogens is 395 g/mol. The molecule has 1 aliphatic rings. The SMILES string of the molecule is CCCCC(CC)COC(=O)C(P=O)(C(=O)c1c(C)cc(C)cc1C)C1CCCC1. The molecule has 0 radical (unpaired) electrons. The van der Waals surface area contributed by atoms with Crippen molar-refractivity contribution < 1.29 is 18.9 Å². The molecule has 2 atom stereocenters. The van der Waals surface area contributed by atoms with Gasteiger partial charge in [-0.25, -0.2) is 0 Å². The monoisotopic (exact) mass is 432 g/mol. The van der Waals surface area contributed by atoms with Gasteiger partial charge in [0.2, 0.25) is 5.16 Å². The van der Waals surface area contributed by atoms with Crippen LogP contribution in [0, 0.1) is 32.6 Å². The molecule has 1 fully saturated rings. The fourth-order valence-electron chi connectivity index (χ4n) is 4.87. The molecule has 0 aliphatic heterocycles. The average molecular weight is 433 g/mol. The summed E-state index contributed by atoms with van der Waals surface area (Å²) in [6.45, 7) is 10.3. The van der Waals surface area contributed by atoms with Gasteiger partial charge in [-0.3, -0.25) is 14.2 Å². The number of carbonyl (C=O) groups excluding carboxylic acids is 2. The summed E-state index contributed by atoms with van der Waals surface area (Å²) in [5, 5.41) is -1.63. The Morgan fingerprint density at radius 2 is 1.73 bits per heavy atom. The maximum Gasteiger partial charge on any atom is 0.332 e. The number of ether oxygens (including phenoxy) is 1. The number of hydrogen-bond acceptors (Lipinski definition) is 4. The fraction of sp³-hybridized carbons (Fsp3) is 0.680. The molecule has 0 N–H and O–H groups in total. The number of hydrogen-bond donors (Lipinski definition) is 0. The zero-order chi connectivity index (χ0) is 22.3. The first-order valence-electron chi connectivity index (χ1n) is 11.5. The first-order valence-corrected chi connectivity index (χ1v) is 12.3. The Bertz CT molecular complexity index is 743. The molecule has 30 heavy (non-hydrogen) atoms. The van der Waals surface area contributed by atoms with Crippen LogP contribution in [0.25, 0.3) is 0 Å². The van der Waals surface area contributed by atoms with E-state index >= 15 is 0 Å². The van der Waals surface area contributed by atoms with Crippen molar-refractivity contribution in [1.82, 2.24) is 0 Å². The Hall–Kier alpha value is -1.54. The summed E-state index contributed by atoms with van der Waals surface area (Å²) in [4.78, 5) is 27.3. The molecule has 4 nitrogen and oxygen atoms in total. The van der Waals surface area contributed by atoms with Crippen LogP contribution in [0.4, 0.5) is 0 Å². The number of aryl methyl sites for hydroxylation is 3. The molecule has 2 rings (SSSR count). The Kier molecular flexibility index (Phi) is 9.22. The third-order valence-corrected chi connectivity index (χ3v) is 7.68. The van der Waals surface area contributed by atoms with Gasteiger partial charge in [-0.05, 0) is 63.0 Å². The molecule has 0 amide bonds. The summed E-state index contributed by atoms with van der Waals surface area (Å²) in [5.41, 5.74) is 3.24. The Morgan fingerprint density at radius 3 is 2.23 bits per heavy atom. The van der Waals surface area contributed by atoms with Gasteiger partial charge in [0.1, 0.15) is 0 Å². The summed E-state index contributed by atoms with van der Waals surface area (Å²) < 4.78 is 18.4. The van der Waals surface area contributed by atoms with Gasteiger partial charge < -0.3 is 4.74 Å². The van der Waals surface area contributed by atoms with Crippen molar-refractivity contribution in [2.45, 2.75) is 91.1 Å². The van der Waals surface area contributed by atoms with Gasteiger partial charge in [0, 0.05) is 5.56 Å². The number of rotatable bonds is 11. The van der Waals surface area contributed by atoms with Crippen LogP contribution in [0.1, 0.15) is 92.3 Å². The summed E-state index contributed by atoms with van der Waals surface area (Å²) >= 11 is 0. The van der Waals surface area contributed by atoms with Gasteiger partial charge in [-0.1, -0.05) is 63.6 Å². The van der Waals surface area contributed by atoms with Crippen LogP contribution < -0.4 is 0 Å². The van der Waals surface area contributed by atoms with Crippen molar-refractivity contribution in [2.24, 2.45) is 11.8 Å². The number of unbranched alkanes of at least 4 members (excludes halogenated alkanes) is 1. The van der Waals surface area contributed by atoms with Crippen LogP contribution in [0.5, 0.6) is 0 Å². The van der Waals surface area contributed by atoms with Gasteiger partial charge in [0.05, 0.1) is 6.61 Å². The smallest absolute Gasteiger partial charge is 0.332 e. The van der Waals surface area contributed by atoms with E-state index in [0.29, 0.717) is 12.2 Å². The number of esters is 1. The van der Waals surface area contributed by atoms with Crippen LogP contribution in [-0.4, -0.2) is 23.5 Å². The molecular formula is C25H37O4P. The van der Waals surface area contributed by atoms with Crippen LogP contribution in [0.3, 0.4) is 0 Å². The molecule has 2 unspecified atom stereocenters. The second kappa shape index (κ2) is 11.2. The zero-order valence-electron chi connectivity index (χ0n) is 19.3. The van der Waals surface area contributed by atoms with Crippen molar-refractivity contribution in [3.63, 3.8) is 0 Å². The van der Waals surface area contributed by atoms with E-state index in [0.717, 1.165) is 68.1 Å². The van der Waals surface area contributed by atoms with E-state index < -0.39 is 19.6 Å². The van der Waals surface area contributed by atoms with Crippen LogP contribution >= 0.6 is 8.46 Å². The third kappa shape index (κ3) is 5.19. The third-order valence-electron chi connectivity index (χ3n) is 6.64. The maximum absolute atomic E-state index is 13.9. The zero-order valence-corrected chi connectivity index (χ0v) is 20.1. The largest absolute Gasteiger partial charge is 0.464 e. The summed E-state index contributed by atoms with van der Waals surface area (Å²) in [7, 11) is -0.445. The highest BCUT2D eigenvalue weighted by Gasteiger charge is 2.56. The number of benzene rings is 1. The molecule has 0 saturated heterocycles. The quantitative estimate of drug-likeness (QED) is 0.167. The van der Waals surface area contributed by atoms with E-state index in [4.69, 9.17) is 4.74 Å². The van der Waals surface area contributed by atoms with Gasteiger partial charge in [0.15, 0.2) is 14.2 Å². The molecule has 166 valence electrons. The van der Waals surface area contributed by atoms with Gasteiger partial charge in [-0.2, -0.15) is 0 Å². The highest BCUT2D eigenvalue weighted by molar-refractivity contribution is 7.30. The second-order valence-electron chi connectivity index (χ2n) is 8.96. The van der Waals surface area contributed by atoms with Crippen LogP contribution in [-0.2, 0) is 14.1 Å². The highest BCUT2D eigenvalue weighted by Crippen LogP contribution is 2.46. The van der Waals surface area contributed by atoms with E-state index in [1.165, 1.54) is 0 Å².